The Hall–Kier alpha value is -4.17. The molecule has 5 N–H and O–H groups in total. The summed E-state index contributed by atoms with van der Waals surface area (Å²) < 4.78 is 19.7. The zero-order valence-electron chi connectivity index (χ0n) is 22.5. The predicted molar refractivity (Wildman–Crippen MR) is 151 cm³/mol. The molecule has 3 aromatic carbocycles. The number of nitrogens with two attached hydrogens (primary N) is 1. The third-order valence-corrected chi connectivity index (χ3v) is 6.17. The maximum Gasteiger partial charge on any atom is 0.243 e. The van der Waals surface area contributed by atoms with Crippen LogP contribution in [0.4, 0.5) is 4.39 Å². The van der Waals surface area contributed by atoms with Crippen LogP contribution in [-0.2, 0) is 35.5 Å². The molecule has 3 aromatic rings. The van der Waals surface area contributed by atoms with E-state index in [1.54, 1.807) is 18.3 Å². The van der Waals surface area contributed by atoms with Crippen LogP contribution >= 0.6 is 0 Å². The highest BCUT2D eigenvalue weighted by atomic mass is 19.1. The lowest BCUT2D eigenvalue weighted by atomic mass is 10.0. The number of allylic oxidation sites excluding steroid dienone is 1. The minimum atomic E-state index is -0.830. The van der Waals surface area contributed by atoms with E-state index in [9.17, 15) is 14.0 Å². The number of hydrogen-bond acceptors (Lipinski definition) is 5. The van der Waals surface area contributed by atoms with Crippen LogP contribution in [0.3, 0.4) is 0 Å². The molecule has 0 spiro atoms. The van der Waals surface area contributed by atoms with Gasteiger partial charge in [-0.25, -0.2) is 4.39 Å². The van der Waals surface area contributed by atoms with Gasteiger partial charge in [-0.1, -0.05) is 60.7 Å². The molecule has 0 aliphatic carbocycles. The summed E-state index contributed by atoms with van der Waals surface area (Å²) in [7, 11) is 0. The zero-order chi connectivity index (χ0) is 28.0. The minimum Gasteiger partial charge on any atom is -0.494 e. The first-order valence-corrected chi connectivity index (χ1v) is 13.1. The first-order valence-electron chi connectivity index (χ1n) is 13.1. The highest BCUT2D eigenvalue weighted by Gasteiger charge is 2.26. The number of benzene rings is 3. The van der Waals surface area contributed by atoms with Gasteiger partial charge in [-0.15, -0.1) is 0 Å². The van der Waals surface area contributed by atoms with Crippen molar-refractivity contribution in [2.24, 2.45) is 5.73 Å². The van der Waals surface area contributed by atoms with Crippen molar-refractivity contribution in [3.8, 4) is 5.75 Å². The molecule has 8 heteroatoms. The Morgan fingerprint density at radius 2 is 1.59 bits per heavy atom. The predicted octanol–water partition coefficient (Wildman–Crippen LogP) is 3.76. The summed E-state index contributed by atoms with van der Waals surface area (Å²) in [4.78, 5) is 26.7. The Kier molecular flexibility index (Phi) is 11.5. The minimum absolute atomic E-state index is 0.0999. The van der Waals surface area contributed by atoms with Gasteiger partial charge in [0.1, 0.15) is 23.7 Å². The maximum absolute atomic E-state index is 14.2. The molecule has 7 nitrogen and oxygen atoms in total. The number of ether oxygens (including phenoxy) is 1. The quantitative estimate of drug-likeness (QED) is 0.253. The van der Waals surface area contributed by atoms with E-state index in [4.69, 9.17) is 10.5 Å². The van der Waals surface area contributed by atoms with Crippen LogP contribution < -0.4 is 26.4 Å². The number of carbonyl (C=O) groups excluding carboxylic acids is 2. The molecule has 0 aromatic heterocycles. The van der Waals surface area contributed by atoms with Crippen LogP contribution in [-0.4, -0.2) is 30.5 Å². The molecule has 39 heavy (non-hydrogen) atoms. The van der Waals surface area contributed by atoms with Gasteiger partial charge in [0, 0.05) is 31.5 Å². The van der Waals surface area contributed by atoms with Crippen molar-refractivity contribution in [1.82, 2.24) is 16.0 Å². The SMILES string of the molecule is CC=CN[C@H](Cc1ccc(OCC)cc1)C(=O)N[C@@H](Cc1ccccc1)C(=O)NCc1ccc(CN)c(F)c1. The normalized spacial score (nSPS) is 12.5. The van der Waals surface area contributed by atoms with E-state index >= 15 is 0 Å². The molecule has 0 saturated carbocycles. The van der Waals surface area contributed by atoms with Crippen LogP contribution in [0.25, 0.3) is 0 Å². The van der Waals surface area contributed by atoms with Gasteiger partial charge in [-0.3, -0.25) is 9.59 Å². The second-order valence-corrected chi connectivity index (χ2v) is 9.10. The molecule has 0 fully saturated rings. The number of halogens is 1. The topological polar surface area (TPSA) is 105 Å². The Balaban J connectivity index is 1.74. The fourth-order valence-corrected chi connectivity index (χ4v) is 4.07. The van der Waals surface area contributed by atoms with Crippen LogP contribution in [0.15, 0.2) is 85.1 Å². The second-order valence-electron chi connectivity index (χ2n) is 9.10. The lowest BCUT2D eigenvalue weighted by Gasteiger charge is -2.23. The second kappa shape index (κ2) is 15.3. The largest absolute Gasteiger partial charge is 0.494 e. The number of hydrogen-bond donors (Lipinski definition) is 4. The molecule has 0 aliphatic rings. The van der Waals surface area contributed by atoms with E-state index in [-0.39, 0.29) is 24.9 Å². The molecule has 2 amide bonds. The standard InChI is InChI=1S/C31H37FN4O3/c1-3-16-34-28(18-23-11-14-26(15-12-23)39-4-2)31(38)36-29(19-22-8-6-5-7-9-22)30(37)35-21-24-10-13-25(20-33)27(32)17-24/h3,5-17,28-29,34H,4,18-21,33H2,1-2H3,(H,35,37)(H,36,38)/t28-,29+/m1/s1. The van der Waals surface area contributed by atoms with E-state index in [1.807, 2.05) is 74.5 Å². The van der Waals surface area contributed by atoms with Crippen molar-refractivity contribution in [2.45, 2.75) is 51.9 Å². The van der Waals surface area contributed by atoms with Gasteiger partial charge >= 0.3 is 0 Å². The van der Waals surface area contributed by atoms with Crippen LogP contribution in [0.5, 0.6) is 5.75 Å². The lowest BCUT2D eigenvalue weighted by molar-refractivity contribution is -0.130. The third kappa shape index (κ3) is 9.26. The highest BCUT2D eigenvalue weighted by molar-refractivity contribution is 5.90. The van der Waals surface area contributed by atoms with Crippen molar-refractivity contribution in [1.29, 1.82) is 0 Å². The molecule has 0 heterocycles. The van der Waals surface area contributed by atoms with Gasteiger partial charge in [-0.05, 0) is 54.9 Å². The third-order valence-electron chi connectivity index (χ3n) is 6.17. The van der Waals surface area contributed by atoms with Gasteiger partial charge < -0.3 is 26.4 Å². The summed E-state index contributed by atoms with van der Waals surface area (Å²) in [6.45, 7) is 4.57. The number of carbonyl (C=O) groups is 2. The molecule has 0 unspecified atom stereocenters. The monoisotopic (exact) mass is 532 g/mol. The maximum atomic E-state index is 14.2. The van der Waals surface area contributed by atoms with Crippen LogP contribution in [0.1, 0.15) is 36.1 Å². The summed E-state index contributed by atoms with van der Waals surface area (Å²) in [6, 6.07) is 20.3. The van der Waals surface area contributed by atoms with Crippen molar-refractivity contribution in [3.63, 3.8) is 0 Å². The summed E-state index contributed by atoms with van der Waals surface area (Å²) >= 11 is 0. The van der Waals surface area contributed by atoms with E-state index in [1.165, 1.54) is 6.07 Å². The van der Waals surface area contributed by atoms with Crippen molar-refractivity contribution < 1.29 is 18.7 Å². The van der Waals surface area contributed by atoms with E-state index in [0.717, 1.165) is 16.9 Å². The van der Waals surface area contributed by atoms with Gasteiger partial charge in [0.05, 0.1) is 6.61 Å². The summed E-state index contributed by atoms with van der Waals surface area (Å²) in [5, 5.41) is 8.90. The highest BCUT2D eigenvalue weighted by Crippen LogP contribution is 2.14. The van der Waals surface area contributed by atoms with Gasteiger partial charge in [0.2, 0.25) is 11.8 Å². The van der Waals surface area contributed by atoms with Crippen LogP contribution in [0, 0.1) is 5.82 Å². The fraction of sp³-hybridized carbons (Fsp3) is 0.290. The van der Waals surface area contributed by atoms with E-state index < -0.39 is 17.9 Å². The molecule has 0 saturated heterocycles. The molecular formula is C31H37FN4O3. The lowest BCUT2D eigenvalue weighted by Crippen LogP contribution is -2.53. The first kappa shape index (κ1) is 29.4. The average molecular weight is 533 g/mol. The average Bonchev–Trinajstić information content (AvgIpc) is 2.95. The molecule has 0 radical (unpaired) electrons. The summed E-state index contributed by atoms with van der Waals surface area (Å²) in [5.74, 6) is -0.316. The van der Waals surface area contributed by atoms with Crippen molar-refractivity contribution in [2.75, 3.05) is 6.61 Å². The van der Waals surface area contributed by atoms with Gasteiger partial charge in [0.15, 0.2) is 0 Å². The fourth-order valence-electron chi connectivity index (χ4n) is 4.07. The Morgan fingerprint density at radius 3 is 2.23 bits per heavy atom. The molecule has 3 rings (SSSR count). The summed E-state index contributed by atoms with van der Waals surface area (Å²) in [5.41, 5.74) is 8.40. The van der Waals surface area contributed by atoms with E-state index in [0.29, 0.717) is 30.6 Å². The Morgan fingerprint density at radius 1 is 0.923 bits per heavy atom. The molecular weight excluding hydrogens is 495 g/mol. The molecule has 0 aliphatic heterocycles. The van der Waals surface area contributed by atoms with Crippen molar-refractivity contribution >= 4 is 11.8 Å². The van der Waals surface area contributed by atoms with Gasteiger partial charge in [-0.2, -0.15) is 0 Å². The Labute approximate surface area is 229 Å². The molecule has 0 bridgehead atoms. The molecule has 2 atom stereocenters. The van der Waals surface area contributed by atoms with Crippen molar-refractivity contribution in [3.05, 3.63) is 113 Å². The first-order chi connectivity index (χ1) is 18.9. The number of amides is 2. The van der Waals surface area contributed by atoms with E-state index in [2.05, 4.69) is 16.0 Å². The number of nitrogens with one attached hydrogen (secondary N) is 3. The van der Waals surface area contributed by atoms with Crippen LogP contribution in [0.2, 0.25) is 0 Å². The van der Waals surface area contributed by atoms with Gasteiger partial charge in [0.25, 0.3) is 0 Å². The Bertz CT molecular complexity index is 1230. The molecule has 206 valence electrons. The smallest absolute Gasteiger partial charge is 0.243 e. The summed E-state index contributed by atoms with van der Waals surface area (Å²) in [6.07, 6.45) is 4.24. The zero-order valence-corrected chi connectivity index (χ0v) is 22.5. The number of rotatable bonds is 14.